The summed E-state index contributed by atoms with van der Waals surface area (Å²) in [5, 5.41) is 13.0. The molecule has 3 heteroatoms. The molecule has 1 aliphatic heterocycles. The van der Waals surface area contributed by atoms with Crippen LogP contribution in [0.15, 0.2) is 53.7 Å². The first-order valence-corrected chi connectivity index (χ1v) is 7.87. The average molecular weight is 294 g/mol. The fraction of sp³-hybridized carbons (Fsp3) is 0.316. The zero-order valence-corrected chi connectivity index (χ0v) is 13.0. The second-order valence-corrected chi connectivity index (χ2v) is 6.00. The van der Waals surface area contributed by atoms with Crippen molar-refractivity contribution < 1.29 is 5.21 Å². The Hall–Kier alpha value is -2.13. The van der Waals surface area contributed by atoms with E-state index in [-0.39, 0.29) is 0 Å². The fourth-order valence-electron chi connectivity index (χ4n) is 3.09. The zero-order valence-electron chi connectivity index (χ0n) is 13.0. The first-order chi connectivity index (χ1) is 10.8. The van der Waals surface area contributed by atoms with Gasteiger partial charge in [-0.1, -0.05) is 47.1 Å². The summed E-state index contributed by atoms with van der Waals surface area (Å²) in [6.45, 7) is 5.38. The van der Waals surface area contributed by atoms with Crippen LogP contribution in [0.4, 0.5) is 0 Å². The van der Waals surface area contributed by atoms with Crippen LogP contribution in [0, 0.1) is 6.92 Å². The molecule has 0 aliphatic carbocycles. The van der Waals surface area contributed by atoms with Crippen molar-refractivity contribution in [2.24, 2.45) is 5.16 Å². The molecule has 0 atom stereocenters. The Balaban J connectivity index is 1.86. The lowest BCUT2D eigenvalue weighted by Gasteiger charge is -2.15. The second-order valence-electron chi connectivity index (χ2n) is 6.00. The van der Waals surface area contributed by atoms with Crippen molar-refractivity contribution in [3.05, 3.63) is 70.8 Å². The van der Waals surface area contributed by atoms with E-state index in [4.69, 9.17) is 0 Å². The number of oxime groups is 1. The van der Waals surface area contributed by atoms with Crippen molar-refractivity contribution in [1.29, 1.82) is 0 Å². The lowest BCUT2D eigenvalue weighted by atomic mass is 9.99. The Morgan fingerprint density at radius 2 is 1.73 bits per heavy atom. The Labute approximate surface area is 131 Å². The minimum atomic E-state index is 0.631. The quantitative estimate of drug-likeness (QED) is 0.528. The highest BCUT2D eigenvalue weighted by Gasteiger charge is 2.13. The van der Waals surface area contributed by atoms with Gasteiger partial charge in [0, 0.05) is 17.7 Å². The molecular weight excluding hydrogens is 272 g/mol. The number of benzene rings is 2. The molecule has 0 spiro atoms. The monoisotopic (exact) mass is 294 g/mol. The van der Waals surface area contributed by atoms with Crippen LogP contribution in [0.1, 0.15) is 35.1 Å². The molecule has 3 rings (SSSR count). The smallest absolute Gasteiger partial charge is 0.117 e. The largest absolute Gasteiger partial charge is 0.410 e. The Kier molecular flexibility index (Phi) is 4.54. The van der Waals surface area contributed by atoms with Gasteiger partial charge in [0.1, 0.15) is 5.71 Å². The highest BCUT2D eigenvalue weighted by molar-refractivity contribution is 6.12. The molecule has 3 nitrogen and oxygen atoms in total. The molecule has 2 aromatic carbocycles. The summed E-state index contributed by atoms with van der Waals surface area (Å²) in [4.78, 5) is 2.47. The third-order valence-electron chi connectivity index (χ3n) is 4.20. The van der Waals surface area contributed by atoms with Crippen molar-refractivity contribution in [2.45, 2.75) is 26.3 Å². The second kappa shape index (κ2) is 6.75. The topological polar surface area (TPSA) is 35.8 Å². The van der Waals surface area contributed by atoms with Gasteiger partial charge in [0.15, 0.2) is 0 Å². The van der Waals surface area contributed by atoms with Crippen LogP contribution in [0.5, 0.6) is 0 Å². The average Bonchev–Trinajstić information content (AvgIpc) is 3.01. The van der Waals surface area contributed by atoms with Crippen LogP contribution < -0.4 is 0 Å². The standard InChI is InChI=1S/C19H22N2O/c1-15-6-4-8-17(12-15)19(20-22)18-9-5-7-16(13-18)14-21-10-2-3-11-21/h4-9,12-13,22H,2-3,10-11,14H2,1H3/b20-19+. The maximum Gasteiger partial charge on any atom is 0.117 e. The molecule has 0 bridgehead atoms. The van der Waals surface area contributed by atoms with Gasteiger partial charge in [-0.3, -0.25) is 4.90 Å². The maximum atomic E-state index is 9.48. The van der Waals surface area contributed by atoms with Crippen molar-refractivity contribution >= 4 is 5.71 Å². The van der Waals surface area contributed by atoms with E-state index in [9.17, 15) is 5.21 Å². The first kappa shape index (κ1) is 14.8. The summed E-state index contributed by atoms with van der Waals surface area (Å²) < 4.78 is 0. The van der Waals surface area contributed by atoms with E-state index in [0.717, 1.165) is 23.2 Å². The third kappa shape index (κ3) is 3.37. The number of nitrogens with zero attached hydrogens (tertiary/aromatic N) is 2. The predicted octanol–water partition coefficient (Wildman–Crippen LogP) is 3.82. The van der Waals surface area contributed by atoms with Gasteiger partial charge in [0.2, 0.25) is 0 Å². The number of hydrogen-bond acceptors (Lipinski definition) is 3. The van der Waals surface area contributed by atoms with Gasteiger partial charge in [-0.2, -0.15) is 0 Å². The molecule has 0 amide bonds. The van der Waals surface area contributed by atoms with E-state index >= 15 is 0 Å². The highest BCUT2D eigenvalue weighted by Crippen LogP contribution is 2.17. The van der Waals surface area contributed by atoms with Gasteiger partial charge in [0.25, 0.3) is 0 Å². The van der Waals surface area contributed by atoms with Crippen LogP contribution in [0.3, 0.4) is 0 Å². The maximum absolute atomic E-state index is 9.48. The van der Waals surface area contributed by atoms with E-state index in [2.05, 4.69) is 22.2 Å². The molecule has 0 radical (unpaired) electrons. The number of rotatable bonds is 4. The van der Waals surface area contributed by atoms with Crippen LogP contribution in [-0.4, -0.2) is 28.9 Å². The van der Waals surface area contributed by atoms with Crippen LogP contribution in [0.25, 0.3) is 0 Å². The van der Waals surface area contributed by atoms with E-state index in [1.54, 1.807) is 0 Å². The van der Waals surface area contributed by atoms with Gasteiger partial charge < -0.3 is 5.21 Å². The highest BCUT2D eigenvalue weighted by atomic mass is 16.4. The minimum absolute atomic E-state index is 0.631. The van der Waals surface area contributed by atoms with Gasteiger partial charge in [-0.15, -0.1) is 0 Å². The summed E-state index contributed by atoms with van der Waals surface area (Å²) in [6.07, 6.45) is 2.60. The van der Waals surface area contributed by atoms with Crippen molar-refractivity contribution in [1.82, 2.24) is 4.90 Å². The van der Waals surface area contributed by atoms with Gasteiger partial charge in [0.05, 0.1) is 0 Å². The molecule has 0 aromatic heterocycles. The van der Waals surface area contributed by atoms with E-state index in [0.29, 0.717) is 5.71 Å². The van der Waals surface area contributed by atoms with Crippen molar-refractivity contribution in [3.63, 3.8) is 0 Å². The lowest BCUT2D eigenvalue weighted by molar-refractivity contribution is 0.319. The normalized spacial score (nSPS) is 16.1. The van der Waals surface area contributed by atoms with E-state index in [1.165, 1.54) is 31.5 Å². The molecule has 1 N–H and O–H groups in total. The molecular formula is C19H22N2O. The summed E-state index contributed by atoms with van der Waals surface area (Å²) in [7, 11) is 0. The fourth-order valence-corrected chi connectivity index (χ4v) is 3.09. The number of hydrogen-bond donors (Lipinski definition) is 1. The molecule has 1 saturated heterocycles. The Morgan fingerprint density at radius 1 is 1.05 bits per heavy atom. The van der Waals surface area contributed by atoms with Crippen molar-refractivity contribution in [3.8, 4) is 0 Å². The minimum Gasteiger partial charge on any atom is -0.410 e. The summed E-state index contributed by atoms with van der Waals surface area (Å²) in [5.74, 6) is 0. The van der Waals surface area contributed by atoms with Crippen LogP contribution in [-0.2, 0) is 6.54 Å². The zero-order chi connectivity index (χ0) is 15.4. The van der Waals surface area contributed by atoms with Crippen LogP contribution in [0.2, 0.25) is 0 Å². The lowest BCUT2D eigenvalue weighted by Crippen LogP contribution is -2.18. The predicted molar refractivity (Wildman–Crippen MR) is 89.6 cm³/mol. The van der Waals surface area contributed by atoms with E-state index < -0.39 is 0 Å². The van der Waals surface area contributed by atoms with E-state index in [1.807, 2.05) is 43.3 Å². The molecule has 0 saturated carbocycles. The van der Waals surface area contributed by atoms with Gasteiger partial charge >= 0.3 is 0 Å². The molecule has 1 heterocycles. The first-order valence-electron chi connectivity index (χ1n) is 7.87. The van der Waals surface area contributed by atoms with Crippen molar-refractivity contribution in [2.75, 3.05) is 13.1 Å². The number of likely N-dealkylation sites (tertiary alicyclic amines) is 1. The Morgan fingerprint density at radius 3 is 2.41 bits per heavy atom. The van der Waals surface area contributed by atoms with Crippen LogP contribution >= 0.6 is 0 Å². The molecule has 22 heavy (non-hydrogen) atoms. The molecule has 1 aliphatic rings. The summed E-state index contributed by atoms with van der Waals surface area (Å²) >= 11 is 0. The molecule has 1 fully saturated rings. The Bertz CT molecular complexity index is 673. The molecule has 0 unspecified atom stereocenters. The third-order valence-corrected chi connectivity index (χ3v) is 4.20. The summed E-state index contributed by atoms with van der Waals surface area (Å²) in [6, 6.07) is 16.4. The molecule has 114 valence electrons. The molecule has 2 aromatic rings. The van der Waals surface area contributed by atoms with Gasteiger partial charge in [-0.25, -0.2) is 0 Å². The van der Waals surface area contributed by atoms with Gasteiger partial charge in [-0.05, 0) is 50.6 Å². The number of aryl methyl sites for hydroxylation is 1. The summed E-state index contributed by atoms with van der Waals surface area (Å²) in [5.41, 5.74) is 4.97. The SMILES string of the molecule is Cc1cccc(/C(=N\O)c2cccc(CN3CCCC3)c2)c1.